The number of carbonyl (C=O) groups is 1. The molecule has 0 aromatic rings. The van der Waals surface area contributed by atoms with Gasteiger partial charge in [-0.25, -0.2) is 0 Å². The highest BCUT2D eigenvalue weighted by Crippen LogP contribution is 2.23. The molecule has 0 aliphatic rings. The van der Waals surface area contributed by atoms with Crippen LogP contribution >= 0.6 is 0 Å². The largest absolute Gasteiger partial charge is 0.481 e. The number of nitro groups is 2. The molecule has 0 spiro atoms. The molecule has 0 bridgehead atoms. The Hall–Kier alpha value is -2.17. The number of carboxylic acids is 1. The van der Waals surface area contributed by atoms with Gasteiger partial charge in [-0.05, 0) is 0 Å². The summed E-state index contributed by atoms with van der Waals surface area (Å²) in [6.45, 7) is 0.763. The lowest BCUT2D eigenvalue weighted by Crippen LogP contribution is -2.45. The molecule has 0 rings (SSSR count). The van der Waals surface area contributed by atoms with Crippen LogP contribution in [0.25, 0.3) is 0 Å². The number of carboxylic acid groups (broad SMARTS) is 1. The van der Waals surface area contributed by atoms with Gasteiger partial charge in [-0.2, -0.15) is 0 Å². The molecule has 1 atom stereocenters. The topological polar surface area (TPSA) is 124 Å². The van der Waals surface area contributed by atoms with Crippen LogP contribution in [0.15, 0.2) is 0 Å². The molecule has 0 fully saturated rings. The van der Waals surface area contributed by atoms with E-state index in [4.69, 9.17) is 11.5 Å². The average molecular weight is 230 g/mol. The molecule has 0 heterocycles. The summed E-state index contributed by atoms with van der Waals surface area (Å²) < 4.78 is 0. The number of rotatable bonds is 6. The number of terminal acetylenes is 1. The van der Waals surface area contributed by atoms with Gasteiger partial charge in [0.15, 0.2) is 0 Å². The maximum absolute atomic E-state index is 10.7. The molecule has 0 amide bonds. The summed E-state index contributed by atoms with van der Waals surface area (Å²) in [5.74, 6) is -0.658. The zero-order valence-corrected chi connectivity index (χ0v) is 8.45. The van der Waals surface area contributed by atoms with Gasteiger partial charge in [-0.3, -0.25) is 25.0 Å². The van der Waals surface area contributed by atoms with Crippen LogP contribution in [0.1, 0.15) is 19.8 Å². The summed E-state index contributed by atoms with van der Waals surface area (Å²) in [4.78, 5) is 29.5. The molecule has 8 heteroatoms. The Morgan fingerprint density at radius 3 is 2.19 bits per heavy atom. The molecule has 0 aromatic carbocycles. The van der Waals surface area contributed by atoms with E-state index in [1.807, 2.05) is 5.92 Å². The van der Waals surface area contributed by atoms with E-state index in [0.717, 1.165) is 6.92 Å². The molecule has 0 saturated heterocycles. The molecule has 0 aliphatic carbocycles. The standard InChI is InChI=1S/C8H10N2O6/c1-3-4-6(7(11)12)5-8(2,9(13)14)10(15)16/h1,6H,4-5H2,2H3,(H,11,12). The van der Waals surface area contributed by atoms with E-state index in [2.05, 4.69) is 0 Å². The predicted octanol–water partition coefficient (Wildman–Crippen LogP) is 0.370. The van der Waals surface area contributed by atoms with Crippen molar-refractivity contribution in [1.82, 2.24) is 0 Å². The van der Waals surface area contributed by atoms with Crippen molar-refractivity contribution in [2.24, 2.45) is 5.92 Å². The monoisotopic (exact) mass is 230 g/mol. The second kappa shape index (κ2) is 5.06. The summed E-state index contributed by atoms with van der Waals surface area (Å²) in [5.41, 5.74) is -2.53. The van der Waals surface area contributed by atoms with Gasteiger partial charge >= 0.3 is 11.6 Å². The SMILES string of the molecule is C#CCC(CC(C)([N+](=O)[O-])[N+](=O)[O-])C(=O)O. The van der Waals surface area contributed by atoms with Gasteiger partial charge in [0, 0.05) is 6.42 Å². The Balaban J connectivity index is 5.01. The number of hydrogen-bond donors (Lipinski definition) is 1. The highest BCUT2D eigenvalue weighted by Gasteiger charge is 2.53. The zero-order valence-electron chi connectivity index (χ0n) is 8.45. The van der Waals surface area contributed by atoms with Gasteiger partial charge in [0.1, 0.15) is 6.42 Å². The van der Waals surface area contributed by atoms with Crippen LogP contribution in [-0.4, -0.2) is 26.6 Å². The quantitative estimate of drug-likeness (QED) is 0.304. The van der Waals surface area contributed by atoms with Crippen molar-refractivity contribution in [2.75, 3.05) is 0 Å². The van der Waals surface area contributed by atoms with Gasteiger partial charge in [-0.15, -0.1) is 12.3 Å². The molecular formula is C8H10N2O6. The van der Waals surface area contributed by atoms with Crippen LogP contribution in [0.3, 0.4) is 0 Å². The van der Waals surface area contributed by atoms with E-state index in [1.165, 1.54) is 0 Å². The summed E-state index contributed by atoms with van der Waals surface area (Å²) >= 11 is 0. The Labute approximate surface area is 90.6 Å². The normalized spacial score (nSPS) is 12.5. The van der Waals surface area contributed by atoms with E-state index in [-0.39, 0.29) is 6.42 Å². The Bertz CT molecular complexity index is 344. The van der Waals surface area contributed by atoms with Crippen LogP contribution < -0.4 is 0 Å². The average Bonchev–Trinajstić information content (AvgIpc) is 2.15. The van der Waals surface area contributed by atoms with Crippen molar-refractivity contribution in [3.63, 3.8) is 0 Å². The zero-order chi connectivity index (χ0) is 12.9. The van der Waals surface area contributed by atoms with E-state index < -0.39 is 33.8 Å². The van der Waals surface area contributed by atoms with Crippen molar-refractivity contribution in [3.05, 3.63) is 20.2 Å². The van der Waals surface area contributed by atoms with Crippen LogP contribution in [0, 0.1) is 38.5 Å². The lowest BCUT2D eigenvalue weighted by atomic mass is 9.94. The molecule has 1 unspecified atom stereocenters. The summed E-state index contributed by atoms with van der Waals surface area (Å²) in [5, 5.41) is 29.8. The first kappa shape index (κ1) is 13.8. The van der Waals surface area contributed by atoms with Crippen LogP contribution in [0.4, 0.5) is 0 Å². The van der Waals surface area contributed by atoms with Gasteiger partial charge in [-0.1, -0.05) is 0 Å². The minimum absolute atomic E-state index is 0.285. The van der Waals surface area contributed by atoms with Crippen LogP contribution in [0.2, 0.25) is 0 Å². The first-order valence-corrected chi connectivity index (χ1v) is 4.21. The maximum atomic E-state index is 10.7. The Morgan fingerprint density at radius 2 is 1.94 bits per heavy atom. The first-order chi connectivity index (χ1) is 7.25. The summed E-state index contributed by atoms with van der Waals surface area (Å²) in [7, 11) is 0. The predicted molar refractivity (Wildman–Crippen MR) is 51.6 cm³/mol. The van der Waals surface area contributed by atoms with Crippen molar-refractivity contribution in [2.45, 2.75) is 25.4 Å². The lowest BCUT2D eigenvalue weighted by Gasteiger charge is -2.15. The van der Waals surface area contributed by atoms with Gasteiger partial charge in [0.2, 0.25) is 0 Å². The summed E-state index contributed by atoms with van der Waals surface area (Å²) in [6.07, 6.45) is 3.86. The third-order valence-corrected chi connectivity index (χ3v) is 2.13. The molecule has 1 N–H and O–H groups in total. The van der Waals surface area contributed by atoms with E-state index in [9.17, 15) is 25.0 Å². The second-order valence-electron chi connectivity index (χ2n) is 3.38. The van der Waals surface area contributed by atoms with Gasteiger partial charge in [0.25, 0.3) is 0 Å². The third-order valence-electron chi connectivity index (χ3n) is 2.13. The highest BCUT2D eigenvalue weighted by molar-refractivity contribution is 5.70. The van der Waals surface area contributed by atoms with Crippen LogP contribution in [-0.2, 0) is 4.79 Å². The van der Waals surface area contributed by atoms with E-state index >= 15 is 0 Å². The molecule has 0 aromatic heterocycles. The van der Waals surface area contributed by atoms with Crippen LogP contribution in [0.5, 0.6) is 0 Å². The Morgan fingerprint density at radius 1 is 1.50 bits per heavy atom. The van der Waals surface area contributed by atoms with Crippen molar-refractivity contribution < 1.29 is 19.7 Å². The molecular weight excluding hydrogens is 220 g/mol. The number of hydrogen-bond acceptors (Lipinski definition) is 5. The van der Waals surface area contributed by atoms with Crippen molar-refractivity contribution >= 4 is 5.97 Å². The highest BCUT2D eigenvalue weighted by atomic mass is 16.7. The fourth-order valence-electron chi connectivity index (χ4n) is 1.07. The van der Waals surface area contributed by atoms with Crippen molar-refractivity contribution in [3.8, 4) is 12.3 Å². The molecule has 8 nitrogen and oxygen atoms in total. The maximum Gasteiger partial charge on any atom is 0.456 e. The molecule has 0 saturated carbocycles. The van der Waals surface area contributed by atoms with E-state index in [1.54, 1.807) is 0 Å². The fourth-order valence-corrected chi connectivity index (χ4v) is 1.07. The second-order valence-corrected chi connectivity index (χ2v) is 3.38. The van der Waals surface area contributed by atoms with E-state index in [0.29, 0.717) is 0 Å². The van der Waals surface area contributed by atoms with Gasteiger partial charge < -0.3 is 5.11 Å². The minimum atomic E-state index is -2.53. The number of nitrogens with zero attached hydrogens (tertiary/aromatic N) is 2. The molecule has 16 heavy (non-hydrogen) atoms. The summed E-state index contributed by atoms with van der Waals surface area (Å²) in [6, 6.07) is 0. The first-order valence-electron chi connectivity index (χ1n) is 4.21. The smallest absolute Gasteiger partial charge is 0.456 e. The minimum Gasteiger partial charge on any atom is -0.481 e. The van der Waals surface area contributed by atoms with Crippen molar-refractivity contribution in [1.29, 1.82) is 0 Å². The molecule has 88 valence electrons. The number of aliphatic carboxylic acids is 1. The third kappa shape index (κ3) is 2.91. The lowest BCUT2D eigenvalue weighted by molar-refractivity contribution is -0.793. The molecule has 0 radical (unpaired) electrons. The Kier molecular flexibility index (Phi) is 4.38. The molecule has 0 aliphatic heterocycles. The fraction of sp³-hybridized carbons (Fsp3) is 0.625. The van der Waals surface area contributed by atoms with Gasteiger partial charge in [0.05, 0.1) is 22.7 Å².